The zero-order chi connectivity index (χ0) is 23.2. The highest BCUT2D eigenvalue weighted by atomic mass is 19.1. The third kappa shape index (κ3) is 5.56. The summed E-state index contributed by atoms with van der Waals surface area (Å²) in [4.78, 5) is 24.3. The summed E-state index contributed by atoms with van der Waals surface area (Å²) < 4.78 is 18.6. The number of carboxylic acids is 1. The van der Waals surface area contributed by atoms with Crippen LogP contribution < -0.4 is 10.1 Å². The van der Waals surface area contributed by atoms with Gasteiger partial charge in [-0.1, -0.05) is 12.1 Å². The second kappa shape index (κ2) is 9.69. The first-order valence-electron chi connectivity index (χ1n) is 9.95. The van der Waals surface area contributed by atoms with Crippen molar-refractivity contribution in [2.75, 3.05) is 12.4 Å². The van der Waals surface area contributed by atoms with Crippen molar-refractivity contribution in [3.8, 4) is 28.5 Å². The van der Waals surface area contributed by atoms with E-state index < -0.39 is 5.97 Å². The van der Waals surface area contributed by atoms with Crippen molar-refractivity contribution in [3.05, 3.63) is 90.3 Å². The third-order valence-corrected chi connectivity index (χ3v) is 4.67. The molecule has 33 heavy (non-hydrogen) atoms. The molecular weight excluding hydrogens is 423 g/mol. The van der Waals surface area contributed by atoms with E-state index in [1.165, 1.54) is 18.2 Å². The quantitative estimate of drug-likeness (QED) is 0.380. The molecule has 1 heterocycles. The first-order valence-corrected chi connectivity index (χ1v) is 9.95. The van der Waals surface area contributed by atoms with Crippen molar-refractivity contribution >= 4 is 23.7 Å². The Morgan fingerprint density at radius 1 is 0.879 bits per heavy atom. The smallest absolute Gasteiger partial charge is 0.328 e. The molecule has 0 bridgehead atoms. The number of carbonyl (C=O) groups is 1. The average molecular weight is 442 g/mol. The second-order valence-electron chi connectivity index (χ2n) is 6.96. The highest BCUT2D eigenvalue weighted by Gasteiger charge is 2.11. The SMILES string of the molecule is COc1ccc(-c2nc(Nc3ccc(C=CC(=O)O)cc3)nc(-c3ccc(F)cc3)n2)cc1. The summed E-state index contributed by atoms with van der Waals surface area (Å²) in [6.45, 7) is 0. The number of carboxylic acid groups (broad SMARTS) is 1. The molecule has 0 amide bonds. The predicted molar refractivity (Wildman–Crippen MR) is 124 cm³/mol. The van der Waals surface area contributed by atoms with Crippen LogP contribution in [0.2, 0.25) is 0 Å². The Bertz CT molecular complexity index is 1290. The number of nitrogens with zero attached hydrogens (tertiary/aromatic N) is 3. The van der Waals surface area contributed by atoms with E-state index in [9.17, 15) is 9.18 Å². The fourth-order valence-corrected chi connectivity index (χ4v) is 3.00. The van der Waals surface area contributed by atoms with Crippen LogP contribution in [0.5, 0.6) is 5.75 Å². The zero-order valence-electron chi connectivity index (χ0n) is 17.6. The van der Waals surface area contributed by atoms with Gasteiger partial charge in [-0.05, 0) is 72.3 Å². The number of halogens is 1. The van der Waals surface area contributed by atoms with Crippen molar-refractivity contribution in [2.45, 2.75) is 0 Å². The van der Waals surface area contributed by atoms with E-state index >= 15 is 0 Å². The topological polar surface area (TPSA) is 97.2 Å². The molecule has 2 N–H and O–H groups in total. The van der Waals surface area contributed by atoms with E-state index in [0.717, 1.165) is 17.2 Å². The fraction of sp³-hybridized carbons (Fsp3) is 0.0400. The first kappa shape index (κ1) is 21.6. The van der Waals surface area contributed by atoms with Gasteiger partial charge in [0, 0.05) is 22.9 Å². The largest absolute Gasteiger partial charge is 0.497 e. The van der Waals surface area contributed by atoms with E-state index in [-0.39, 0.29) is 5.82 Å². The molecule has 0 fully saturated rings. The molecule has 0 aliphatic heterocycles. The molecule has 4 rings (SSSR count). The van der Waals surface area contributed by atoms with Crippen LogP contribution in [-0.2, 0) is 4.79 Å². The minimum Gasteiger partial charge on any atom is -0.497 e. The van der Waals surface area contributed by atoms with E-state index in [0.29, 0.717) is 34.6 Å². The maximum atomic E-state index is 13.4. The maximum Gasteiger partial charge on any atom is 0.328 e. The van der Waals surface area contributed by atoms with Crippen LogP contribution in [0.15, 0.2) is 78.9 Å². The number of aromatic nitrogens is 3. The highest BCUT2D eigenvalue weighted by Crippen LogP contribution is 2.25. The van der Waals surface area contributed by atoms with E-state index in [1.807, 2.05) is 24.3 Å². The molecule has 1 aromatic heterocycles. The maximum absolute atomic E-state index is 13.4. The Balaban J connectivity index is 1.69. The zero-order valence-corrected chi connectivity index (χ0v) is 17.6. The summed E-state index contributed by atoms with van der Waals surface area (Å²) in [5.74, 6) is 0.487. The Kier molecular flexibility index (Phi) is 6.36. The van der Waals surface area contributed by atoms with Gasteiger partial charge in [0.05, 0.1) is 7.11 Å². The van der Waals surface area contributed by atoms with E-state index in [1.54, 1.807) is 43.5 Å². The van der Waals surface area contributed by atoms with Gasteiger partial charge in [0.2, 0.25) is 5.95 Å². The van der Waals surface area contributed by atoms with Crippen LogP contribution in [0.4, 0.5) is 16.0 Å². The molecule has 164 valence electrons. The van der Waals surface area contributed by atoms with Gasteiger partial charge in [-0.3, -0.25) is 0 Å². The Hall–Kier alpha value is -4.59. The average Bonchev–Trinajstić information content (AvgIpc) is 2.84. The van der Waals surface area contributed by atoms with Gasteiger partial charge in [0.15, 0.2) is 11.6 Å². The molecule has 7 nitrogen and oxygen atoms in total. The van der Waals surface area contributed by atoms with Crippen LogP contribution in [0, 0.1) is 5.82 Å². The van der Waals surface area contributed by atoms with E-state index in [2.05, 4.69) is 20.3 Å². The van der Waals surface area contributed by atoms with Crippen LogP contribution in [-0.4, -0.2) is 33.1 Å². The lowest BCUT2D eigenvalue weighted by atomic mass is 10.2. The molecule has 0 aliphatic rings. The number of rotatable bonds is 7. The second-order valence-corrected chi connectivity index (χ2v) is 6.96. The van der Waals surface area contributed by atoms with Gasteiger partial charge in [-0.15, -0.1) is 0 Å². The van der Waals surface area contributed by atoms with Gasteiger partial charge in [-0.2, -0.15) is 9.97 Å². The number of benzene rings is 3. The van der Waals surface area contributed by atoms with Crippen LogP contribution >= 0.6 is 0 Å². The first-order chi connectivity index (χ1) is 16.0. The number of nitrogens with one attached hydrogen (secondary N) is 1. The fourth-order valence-electron chi connectivity index (χ4n) is 3.00. The van der Waals surface area contributed by atoms with E-state index in [4.69, 9.17) is 9.84 Å². The van der Waals surface area contributed by atoms with Crippen molar-refractivity contribution in [2.24, 2.45) is 0 Å². The van der Waals surface area contributed by atoms with Crippen LogP contribution in [0.1, 0.15) is 5.56 Å². The molecule has 0 unspecified atom stereocenters. The minimum absolute atomic E-state index is 0.309. The van der Waals surface area contributed by atoms with Gasteiger partial charge >= 0.3 is 5.97 Å². The highest BCUT2D eigenvalue weighted by molar-refractivity contribution is 5.85. The number of aliphatic carboxylic acids is 1. The summed E-state index contributed by atoms with van der Waals surface area (Å²) in [7, 11) is 1.59. The molecule has 0 saturated heterocycles. The lowest BCUT2D eigenvalue weighted by Crippen LogP contribution is -2.03. The summed E-state index contributed by atoms with van der Waals surface area (Å²) >= 11 is 0. The molecule has 8 heteroatoms. The van der Waals surface area contributed by atoms with Crippen LogP contribution in [0.25, 0.3) is 28.9 Å². The Morgan fingerprint density at radius 2 is 1.45 bits per heavy atom. The predicted octanol–water partition coefficient (Wildman–Crippen LogP) is 5.19. The van der Waals surface area contributed by atoms with Gasteiger partial charge in [-0.25, -0.2) is 14.2 Å². The molecule has 0 aliphatic carbocycles. The summed E-state index contributed by atoms with van der Waals surface area (Å²) in [5, 5.41) is 11.9. The van der Waals surface area contributed by atoms with Gasteiger partial charge < -0.3 is 15.2 Å². The lowest BCUT2D eigenvalue weighted by Gasteiger charge is -2.10. The number of hydrogen-bond acceptors (Lipinski definition) is 6. The van der Waals surface area contributed by atoms with Crippen molar-refractivity contribution < 1.29 is 19.0 Å². The number of methoxy groups -OCH3 is 1. The van der Waals surface area contributed by atoms with Gasteiger partial charge in [0.25, 0.3) is 0 Å². The number of hydrogen-bond donors (Lipinski definition) is 2. The minimum atomic E-state index is -1.01. The summed E-state index contributed by atoms with van der Waals surface area (Å²) in [6, 6.07) is 20.3. The van der Waals surface area contributed by atoms with Crippen LogP contribution in [0.3, 0.4) is 0 Å². The monoisotopic (exact) mass is 442 g/mol. The molecule has 0 saturated carbocycles. The van der Waals surface area contributed by atoms with Crippen molar-refractivity contribution in [1.82, 2.24) is 15.0 Å². The summed E-state index contributed by atoms with van der Waals surface area (Å²) in [6.07, 6.45) is 2.58. The lowest BCUT2D eigenvalue weighted by molar-refractivity contribution is -0.131. The number of ether oxygens (including phenoxy) is 1. The summed E-state index contributed by atoms with van der Waals surface area (Å²) in [5.41, 5.74) is 2.86. The molecule has 4 aromatic rings. The van der Waals surface area contributed by atoms with Crippen molar-refractivity contribution in [1.29, 1.82) is 0 Å². The molecular formula is C25H19FN4O3. The Morgan fingerprint density at radius 3 is 2.00 bits per heavy atom. The standard InChI is InChI=1S/C25H19FN4O3/c1-33-21-13-7-18(8-14-21)24-28-23(17-5-9-19(26)10-6-17)29-25(30-24)27-20-11-2-16(3-12-20)4-15-22(31)32/h2-15H,1H3,(H,31,32)(H,27,28,29,30). The molecule has 0 spiro atoms. The Labute approximate surface area is 189 Å². The molecule has 0 radical (unpaired) electrons. The number of anilines is 2. The van der Waals surface area contributed by atoms with Crippen molar-refractivity contribution in [3.63, 3.8) is 0 Å². The third-order valence-electron chi connectivity index (χ3n) is 4.67. The molecule has 0 atom stereocenters. The van der Waals surface area contributed by atoms with Gasteiger partial charge in [0.1, 0.15) is 11.6 Å². The molecule has 3 aromatic carbocycles. The normalized spacial score (nSPS) is 10.8.